The van der Waals surface area contributed by atoms with E-state index >= 15 is 0 Å². The molecule has 0 unspecified atom stereocenters. The molecule has 0 saturated carbocycles. The average molecular weight is 541 g/mol. The van der Waals surface area contributed by atoms with Crippen molar-refractivity contribution in [3.05, 3.63) is 89.0 Å². The summed E-state index contributed by atoms with van der Waals surface area (Å²) in [5.41, 5.74) is 5.68. The predicted molar refractivity (Wildman–Crippen MR) is 118 cm³/mol. The third kappa shape index (κ3) is 5.03. The summed E-state index contributed by atoms with van der Waals surface area (Å²) in [6.45, 7) is 8.99. The fourth-order valence-corrected chi connectivity index (χ4v) is 13.7. The standard InChI is InChI=1S/C8H9.2C7H7.C2H7N.Bi/c1-7-4-3-5-8(2)6-7;2*1-7-5-3-2-4-6-7;1-3-2;/h3-4,6H,1-2H3;2*2-5H,1H3;3H,1-2H3;. The fraction of sp³-hybridized carbons (Fsp3) is 0.250. The molecule has 0 saturated heterocycles. The molecule has 0 spiro atoms. The van der Waals surface area contributed by atoms with Crippen molar-refractivity contribution in [3.63, 3.8) is 0 Å². The quantitative estimate of drug-likeness (QED) is 0.503. The van der Waals surface area contributed by atoms with E-state index < -0.39 is 21.8 Å². The molecule has 1 N–H and O–H groups in total. The van der Waals surface area contributed by atoms with E-state index in [1.807, 2.05) is 14.1 Å². The van der Waals surface area contributed by atoms with Crippen LogP contribution in [-0.2, 0) is 0 Å². The van der Waals surface area contributed by atoms with Crippen LogP contribution in [0.2, 0.25) is 0 Å². The van der Waals surface area contributed by atoms with Crippen molar-refractivity contribution in [1.29, 1.82) is 0 Å². The molecule has 0 atom stereocenters. The predicted octanol–water partition coefficient (Wildman–Crippen LogP) is 3.27. The van der Waals surface area contributed by atoms with Crippen LogP contribution in [0, 0.1) is 27.7 Å². The van der Waals surface area contributed by atoms with Gasteiger partial charge in [0, 0.05) is 0 Å². The van der Waals surface area contributed by atoms with E-state index in [1.54, 1.807) is 9.81 Å². The maximum atomic E-state index is 2.75. The SMILES string of the molecule is CNC.Cc1cc[c]([Bi]([c]2ccccc2C)[c]2ccccc2C)c(C)c1. The third-order valence-electron chi connectivity index (χ3n) is 4.31. The van der Waals surface area contributed by atoms with Crippen molar-refractivity contribution in [3.8, 4) is 0 Å². The Bertz CT molecular complexity index is 809. The first-order chi connectivity index (χ1) is 12.5. The van der Waals surface area contributed by atoms with Gasteiger partial charge in [-0.2, -0.15) is 0 Å². The second kappa shape index (κ2) is 10.00. The maximum absolute atomic E-state index is 2.75. The molecule has 0 amide bonds. The first kappa shape index (κ1) is 20.8. The molecule has 0 aliphatic carbocycles. The zero-order chi connectivity index (χ0) is 19.1. The van der Waals surface area contributed by atoms with Gasteiger partial charge in [0.2, 0.25) is 0 Å². The van der Waals surface area contributed by atoms with Gasteiger partial charge in [-0.25, -0.2) is 0 Å². The molecule has 0 fully saturated rings. The minimum absolute atomic E-state index is 1.35. The van der Waals surface area contributed by atoms with Crippen LogP contribution in [0.15, 0.2) is 66.7 Å². The molecule has 1 nitrogen and oxygen atoms in total. The van der Waals surface area contributed by atoms with Crippen LogP contribution in [0.1, 0.15) is 22.3 Å². The Morgan fingerprint density at radius 1 is 0.577 bits per heavy atom. The molecule has 136 valence electrons. The van der Waals surface area contributed by atoms with E-state index in [1.165, 1.54) is 22.3 Å². The summed E-state index contributed by atoms with van der Waals surface area (Å²) in [4.78, 5) is 0. The summed E-state index contributed by atoms with van der Waals surface area (Å²) in [6, 6.07) is 25.0. The molecule has 3 rings (SSSR count). The van der Waals surface area contributed by atoms with E-state index in [2.05, 4.69) is 99.7 Å². The molecule has 2 heteroatoms. The summed E-state index contributed by atoms with van der Waals surface area (Å²) in [5.74, 6) is 0. The molecule has 0 heterocycles. The van der Waals surface area contributed by atoms with Gasteiger partial charge in [0.1, 0.15) is 0 Å². The zero-order valence-corrected chi connectivity index (χ0v) is 20.3. The van der Waals surface area contributed by atoms with Crippen LogP contribution in [0.25, 0.3) is 0 Å². The Labute approximate surface area is 167 Å². The first-order valence-electron chi connectivity index (χ1n) is 9.06. The number of nitrogens with one attached hydrogen (secondary N) is 1. The van der Waals surface area contributed by atoms with Crippen molar-refractivity contribution < 1.29 is 0 Å². The van der Waals surface area contributed by atoms with Crippen molar-refractivity contribution in [2.24, 2.45) is 0 Å². The second-order valence-electron chi connectivity index (χ2n) is 6.70. The van der Waals surface area contributed by atoms with Gasteiger partial charge in [0.05, 0.1) is 0 Å². The molecule has 0 bridgehead atoms. The summed E-state index contributed by atoms with van der Waals surface area (Å²) in [7, 11) is 3.75. The molecule has 0 aliphatic rings. The number of aryl methyl sites for hydroxylation is 4. The van der Waals surface area contributed by atoms with Crippen molar-refractivity contribution >= 4 is 31.6 Å². The van der Waals surface area contributed by atoms with E-state index in [0.29, 0.717) is 0 Å². The molecular formula is C24H30BiN. The van der Waals surface area contributed by atoms with E-state index in [0.717, 1.165) is 0 Å². The Morgan fingerprint density at radius 2 is 1.00 bits per heavy atom. The summed E-state index contributed by atoms with van der Waals surface area (Å²) in [6.07, 6.45) is 0. The fourth-order valence-electron chi connectivity index (χ4n) is 3.07. The molecule has 3 aromatic rings. The summed E-state index contributed by atoms with van der Waals surface area (Å²) >= 11 is -2.26. The van der Waals surface area contributed by atoms with Crippen LogP contribution in [0.4, 0.5) is 0 Å². The number of benzene rings is 3. The van der Waals surface area contributed by atoms with E-state index in [-0.39, 0.29) is 0 Å². The van der Waals surface area contributed by atoms with E-state index in [4.69, 9.17) is 0 Å². The topological polar surface area (TPSA) is 12.0 Å². The molecule has 3 aromatic carbocycles. The van der Waals surface area contributed by atoms with Crippen molar-refractivity contribution in [2.45, 2.75) is 27.7 Å². The van der Waals surface area contributed by atoms with Crippen LogP contribution in [-0.4, -0.2) is 35.8 Å². The number of rotatable bonds is 3. The Morgan fingerprint density at radius 3 is 1.42 bits per heavy atom. The van der Waals surface area contributed by atoms with Crippen LogP contribution in [0.5, 0.6) is 0 Å². The average Bonchev–Trinajstić information content (AvgIpc) is 2.60. The number of hydrogen-bond acceptors (Lipinski definition) is 1. The summed E-state index contributed by atoms with van der Waals surface area (Å²) < 4.78 is 4.81. The van der Waals surface area contributed by atoms with Crippen LogP contribution < -0.4 is 15.1 Å². The Kier molecular flexibility index (Phi) is 8.00. The van der Waals surface area contributed by atoms with Crippen molar-refractivity contribution in [1.82, 2.24) is 5.32 Å². The van der Waals surface area contributed by atoms with E-state index in [9.17, 15) is 0 Å². The minimum atomic E-state index is -2.26. The molecule has 0 aromatic heterocycles. The summed E-state index contributed by atoms with van der Waals surface area (Å²) in [5, 5.41) is 2.75. The second-order valence-corrected chi connectivity index (χ2v) is 14.9. The van der Waals surface area contributed by atoms with Crippen LogP contribution in [0.3, 0.4) is 0 Å². The molecule has 0 aliphatic heterocycles. The molecular weight excluding hydrogens is 511 g/mol. The van der Waals surface area contributed by atoms with Gasteiger partial charge in [0.15, 0.2) is 0 Å². The third-order valence-corrected chi connectivity index (χ3v) is 15.8. The molecule has 26 heavy (non-hydrogen) atoms. The normalized spacial score (nSPS) is 10.4. The van der Waals surface area contributed by atoms with Gasteiger partial charge in [-0.15, -0.1) is 0 Å². The van der Waals surface area contributed by atoms with Gasteiger partial charge in [0.25, 0.3) is 0 Å². The Balaban J connectivity index is 0.000000758. The van der Waals surface area contributed by atoms with Gasteiger partial charge in [-0.05, 0) is 14.1 Å². The number of hydrogen-bond donors (Lipinski definition) is 1. The van der Waals surface area contributed by atoms with Gasteiger partial charge in [-0.1, -0.05) is 0 Å². The van der Waals surface area contributed by atoms with Crippen LogP contribution >= 0.6 is 0 Å². The zero-order valence-electron chi connectivity index (χ0n) is 16.8. The monoisotopic (exact) mass is 541 g/mol. The molecule has 0 radical (unpaired) electrons. The Hall–Kier alpha value is -1.50. The van der Waals surface area contributed by atoms with Gasteiger partial charge >= 0.3 is 148 Å². The first-order valence-corrected chi connectivity index (χ1v) is 14.3. The van der Waals surface area contributed by atoms with Crippen molar-refractivity contribution in [2.75, 3.05) is 14.1 Å². The van der Waals surface area contributed by atoms with Gasteiger partial charge < -0.3 is 5.32 Å². The van der Waals surface area contributed by atoms with Gasteiger partial charge in [-0.3, -0.25) is 0 Å².